The molecular weight excluding hydrogens is 326 g/mol. The number of rotatable bonds is 7. The van der Waals surface area contributed by atoms with Gasteiger partial charge in [-0.15, -0.1) is 0 Å². The van der Waals surface area contributed by atoms with Gasteiger partial charge in [0.15, 0.2) is 5.17 Å². The van der Waals surface area contributed by atoms with Crippen molar-refractivity contribution in [1.82, 2.24) is 5.32 Å². The summed E-state index contributed by atoms with van der Waals surface area (Å²) in [4.78, 5) is 28.5. The van der Waals surface area contributed by atoms with Gasteiger partial charge in [0.05, 0.1) is 12.6 Å². The molecule has 6 nitrogen and oxygen atoms in total. The van der Waals surface area contributed by atoms with Crippen molar-refractivity contribution in [3.05, 3.63) is 24.3 Å². The lowest BCUT2D eigenvalue weighted by Crippen LogP contribution is -2.28. The minimum absolute atomic E-state index is 0.133. The monoisotopic (exact) mass is 347 g/mol. The molecule has 128 valence electrons. The van der Waals surface area contributed by atoms with E-state index in [9.17, 15) is 9.59 Å². The summed E-state index contributed by atoms with van der Waals surface area (Å²) in [7, 11) is 0. The SMILES string of the molecule is CCCOc1ccc(NC(=O)C[C@H]2SC(=NC3CC3)NC2=O)cc1. The zero-order valence-electron chi connectivity index (χ0n) is 13.6. The van der Waals surface area contributed by atoms with Crippen LogP contribution in [0.3, 0.4) is 0 Å². The van der Waals surface area contributed by atoms with Crippen LogP contribution in [0.2, 0.25) is 0 Å². The molecule has 7 heteroatoms. The number of hydrogen-bond acceptors (Lipinski definition) is 5. The number of carbonyl (C=O) groups is 2. The number of anilines is 1. The summed E-state index contributed by atoms with van der Waals surface area (Å²) >= 11 is 1.35. The lowest BCUT2D eigenvalue weighted by atomic mass is 10.2. The summed E-state index contributed by atoms with van der Waals surface area (Å²) in [5, 5.41) is 5.80. The van der Waals surface area contributed by atoms with Crippen LogP contribution >= 0.6 is 11.8 Å². The Hall–Kier alpha value is -2.02. The zero-order chi connectivity index (χ0) is 16.9. The molecule has 1 aromatic rings. The van der Waals surface area contributed by atoms with E-state index in [1.54, 1.807) is 12.1 Å². The topological polar surface area (TPSA) is 79.8 Å². The summed E-state index contributed by atoms with van der Waals surface area (Å²) < 4.78 is 5.50. The Morgan fingerprint density at radius 1 is 1.38 bits per heavy atom. The van der Waals surface area contributed by atoms with E-state index in [2.05, 4.69) is 15.6 Å². The van der Waals surface area contributed by atoms with Crippen molar-refractivity contribution in [2.75, 3.05) is 11.9 Å². The molecule has 1 aromatic carbocycles. The molecule has 1 saturated heterocycles. The molecule has 24 heavy (non-hydrogen) atoms. The van der Waals surface area contributed by atoms with Crippen molar-refractivity contribution in [1.29, 1.82) is 0 Å². The number of ether oxygens (including phenoxy) is 1. The smallest absolute Gasteiger partial charge is 0.240 e. The number of amides is 2. The summed E-state index contributed by atoms with van der Waals surface area (Å²) in [6.45, 7) is 2.72. The highest BCUT2D eigenvalue weighted by Crippen LogP contribution is 2.29. The van der Waals surface area contributed by atoms with E-state index in [0.29, 0.717) is 23.5 Å². The Kier molecular flexibility index (Phi) is 5.40. The van der Waals surface area contributed by atoms with Crippen molar-refractivity contribution >= 4 is 34.4 Å². The molecule has 0 unspecified atom stereocenters. The van der Waals surface area contributed by atoms with Gasteiger partial charge in [-0.25, -0.2) is 0 Å². The molecule has 2 fully saturated rings. The maximum atomic E-state index is 12.1. The third kappa shape index (κ3) is 4.74. The maximum absolute atomic E-state index is 12.1. The molecule has 3 rings (SSSR count). The summed E-state index contributed by atoms with van der Waals surface area (Å²) in [6.07, 6.45) is 3.26. The van der Waals surface area contributed by atoms with E-state index in [1.807, 2.05) is 19.1 Å². The first kappa shape index (κ1) is 16.8. The maximum Gasteiger partial charge on any atom is 0.240 e. The Bertz CT molecular complexity index is 641. The molecule has 2 amide bonds. The fraction of sp³-hybridized carbons (Fsp3) is 0.471. The standard InChI is InChI=1S/C17H21N3O3S/c1-2-9-23-13-7-5-11(6-8-13)18-15(21)10-14-16(22)20-17(24-14)19-12-3-4-12/h5-8,12,14H,2-4,9-10H2,1H3,(H,18,21)(H,19,20,22)/t14-/m1/s1. The van der Waals surface area contributed by atoms with Crippen molar-refractivity contribution < 1.29 is 14.3 Å². The van der Waals surface area contributed by atoms with Gasteiger partial charge in [0.1, 0.15) is 11.0 Å². The number of benzene rings is 1. The largest absolute Gasteiger partial charge is 0.494 e. The van der Waals surface area contributed by atoms with Crippen LogP contribution in [0.15, 0.2) is 29.3 Å². The fourth-order valence-electron chi connectivity index (χ4n) is 2.20. The molecular formula is C17H21N3O3S. The molecule has 1 aliphatic carbocycles. The Balaban J connectivity index is 1.49. The minimum Gasteiger partial charge on any atom is -0.494 e. The number of nitrogens with zero attached hydrogens (tertiary/aromatic N) is 1. The van der Waals surface area contributed by atoms with Gasteiger partial charge in [-0.05, 0) is 43.5 Å². The van der Waals surface area contributed by atoms with E-state index >= 15 is 0 Å². The normalized spacial score (nSPS) is 21.6. The lowest BCUT2D eigenvalue weighted by molar-refractivity contribution is -0.122. The molecule has 2 aliphatic rings. The minimum atomic E-state index is -0.408. The number of hydrogen-bond donors (Lipinski definition) is 2. The molecule has 1 aliphatic heterocycles. The lowest BCUT2D eigenvalue weighted by Gasteiger charge is -2.09. The van der Waals surface area contributed by atoms with E-state index in [0.717, 1.165) is 25.0 Å². The van der Waals surface area contributed by atoms with Gasteiger partial charge in [0.2, 0.25) is 11.8 Å². The van der Waals surface area contributed by atoms with Crippen LogP contribution in [-0.2, 0) is 9.59 Å². The molecule has 0 bridgehead atoms. The van der Waals surface area contributed by atoms with Crippen LogP contribution < -0.4 is 15.4 Å². The Morgan fingerprint density at radius 3 is 2.79 bits per heavy atom. The van der Waals surface area contributed by atoms with Gasteiger partial charge in [0.25, 0.3) is 0 Å². The Morgan fingerprint density at radius 2 is 2.12 bits per heavy atom. The summed E-state index contributed by atoms with van der Waals surface area (Å²) in [5.41, 5.74) is 0.694. The van der Waals surface area contributed by atoms with Crippen LogP contribution in [0.1, 0.15) is 32.6 Å². The molecule has 1 saturated carbocycles. The first-order valence-electron chi connectivity index (χ1n) is 8.22. The number of carbonyl (C=O) groups excluding carboxylic acids is 2. The quantitative estimate of drug-likeness (QED) is 0.794. The fourth-order valence-corrected chi connectivity index (χ4v) is 3.24. The van der Waals surface area contributed by atoms with Crippen molar-refractivity contribution in [2.45, 2.75) is 43.9 Å². The van der Waals surface area contributed by atoms with E-state index in [4.69, 9.17) is 4.74 Å². The number of aliphatic imine (C=N–C) groups is 1. The molecule has 1 atom stereocenters. The van der Waals surface area contributed by atoms with E-state index in [1.165, 1.54) is 11.8 Å². The predicted octanol–water partition coefficient (Wildman–Crippen LogP) is 2.55. The highest BCUT2D eigenvalue weighted by Gasteiger charge is 2.33. The second-order valence-electron chi connectivity index (χ2n) is 5.89. The zero-order valence-corrected chi connectivity index (χ0v) is 14.4. The third-order valence-corrected chi connectivity index (χ3v) is 4.70. The summed E-state index contributed by atoms with van der Waals surface area (Å²) in [5.74, 6) is 0.455. The van der Waals surface area contributed by atoms with Gasteiger partial charge in [-0.3, -0.25) is 14.6 Å². The van der Waals surface area contributed by atoms with E-state index < -0.39 is 5.25 Å². The summed E-state index contributed by atoms with van der Waals surface area (Å²) in [6, 6.07) is 7.59. The van der Waals surface area contributed by atoms with Crippen LogP contribution in [0.25, 0.3) is 0 Å². The Labute approximate surface area is 145 Å². The van der Waals surface area contributed by atoms with Gasteiger partial charge in [-0.1, -0.05) is 18.7 Å². The molecule has 0 spiro atoms. The number of thioether (sulfide) groups is 1. The highest BCUT2D eigenvalue weighted by atomic mass is 32.2. The van der Waals surface area contributed by atoms with Crippen molar-refractivity contribution in [2.24, 2.45) is 4.99 Å². The van der Waals surface area contributed by atoms with Gasteiger partial charge in [-0.2, -0.15) is 0 Å². The molecule has 0 aromatic heterocycles. The number of amidine groups is 1. The van der Waals surface area contributed by atoms with Crippen molar-refractivity contribution in [3.8, 4) is 5.75 Å². The van der Waals surface area contributed by atoms with Crippen LogP contribution in [0.5, 0.6) is 5.75 Å². The van der Waals surface area contributed by atoms with Crippen LogP contribution in [0.4, 0.5) is 5.69 Å². The molecule has 2 N–H and O–H groups in total. The third-order valence-electron chi connectivity index (χ3n) is 3.60. The molecule has 0 radical (unpaired) electrons. The first-order valence-corrected chi connectivity index (χ1v) is 9.10. The van der Waals surface area contributed by atoms with Gasteiger partial charge in [0, 0.05) is 12.1 Å². The van der Waals surface area contributed by atoms with Crippen LogP contribution in [-0.4, -0.2) is 34.9 Å². The second kappa shape index (κ2) is 7.70. The van der Waals surface area contributed by atoms with Gasteiger partial charge < -0.3 is 15.4 Å². The van der Waals surface area contributed by atoms with E-state index in [-0.39, 0.29) is 18.2 Å². The highest BCUT2D eigenvalue weighted by molar-refractivity contribution is 8.15. The average molecular weight is 347 g/mol. The second-order valence-corrected chi connectivity index (χ2v) is 7.08. The number of nitrogens with one attached hydrogen (secondary N) is 2. The average Bonchev–Trinajstić information content (AvgIpc) is 3.30. The predicted molar refractivity (Wildman–Crippen MR) is 95.5 cm³/mol. The molecule has 1 heterocycles. The first-order chi connectivity index (χ1) is 11.6. The van der Waals surface area contributed by atoms with Crippen molar-refractivity contribution in [3.63, 3.8) is 0 Å². The van der Waals surface area contributed by atoms with Crippen LogP contribution in [0, 0.1) is 0 Å². The van der Waals surface area contributed by atoms with Gasteiger partial charge >= 0.3 is 0 Å².